The van der Waals surface area contributed by atoms with Crippen LogP contribution in [0.4, 0.5) is 0 Å². The molecule has 0 spiro atoms. The Hall–Kier alpha value is -11.2. The fraction of sp³-hybridized carbons (Fsp3) is 0.0361. The lowest BCUT2D eigenvalue weighted by Crippen LogP contribution is -1.98. The lowest BCUT2D eigenvalue weighted by atomic mass is 9.83. The molecule has 0 N–H and O–H groups in total. The first-order valence-electron chi connectivity index (χ1n) is 30.2. The molecular formula is C83H56N4. The average Bonchev–Trinajstić information content (AvgIpc) is 1.63. The third-order valence-electron chi connectivity index (χ3n) is 18.2. The molecule has 17 rings (SSSR count). The first-order chi connectivity index (χ1) is 43.0. The Morgan fingerprint density at radius 3 is 1.23 bits per heavy atom. The van der Waals surface area contributed by atoms with Gasteiger partial charge in [-0.05, 0) is 194 Å². The average molecular weight is 1110 g/mol. The quantitative estimate of drug-likeness (QED) is 0.135. The van der Waals surface area contributed by atoms with Crippen LogP contribution in [0.5, 0.6) is 0 Å². The van der Waals surface area contributed by atoms with Crippen LogP contribution in [0.3, 0.4) is 0 Å². The van der Waals surface area contributed by atoms with Gasteiger partial charge in [0.15, 0.2) is 0 Å². The number of fused-ring (bicyclic) bond motifs is 8. The molecule has 0 unspecified atom stereocenters. The third-order valence-corrected chi connectivity index (χ3v) is 18.2. The summed E-state index contributed by atoms with van der Waals surface area (Å²) in [6, 6.07) is 107. The lowest BCUT2D eigenvalue weighted by molar-refractivity contribution is 0.796. The number of aryl methyl sites for hydroxylation is 2. The van der Waals surface area contributed by atoms with E-state index in [1.165, 1.54) is 104 Å². The van der Waals surface area contributed by atoms with E-state index < -0.39 is 0 Å². The number of imidazole rings is 2. The molecule has 0 aliphatic carbocycles. The molecule has 0 atom stereocenters. The third kappa shape index (κ3) is 8.21. The van der Waals surface area contributed by atoms with E-state index in [2.05, 4.69) is 314 Å². The standard InChI is InChI=1S/C83H56N4/c1-3-86-76-31-16-15-29-74(76)84-82(86)57-38-34-55(35-39-57)77-66-25-11-13-27-68(66)79(63-42-32-53-19-7-9-21-59(53)48-63)70-46-44-61(50-72(70)77)62-45-47-71-73(51-62)78(67-26-12-14-28-69(67)80(71)64-43-33-54-20-8-10-22-60(54)49-64)56-36-40-58(41-37-56)83-85-75-30-17-18-52(2)81(75)87(83)65-23-5-4-6-24-65/h4-51H,3H2,1-2H3. The summed E-state index contributed by atoms with van der Waals surface area (Å²) >= 11 is 0. The largest absolute Gasteiger partial charge is 0.324 e. The molecule has 0 aliphatic heterocycles. The summed E-state index contributed by atoms with van der Waals surface area (Å²) in [6.45, 7) is 5.20. The number of rotatable bonds is 9. The molecule has 0 aliphatic rings. The highest BCUT2D eigenvalue weighted by molar-refractivity contribution is 6.24. The maximum atomic E-state index is 5.32. The van der Waals surface area contributed by atoms with Gasteiger partial charge in [0.05, 0.1) is 22.1 Å². The second kappa shape index (κ2) is 20.3. The van der Waals surface area contributed by atoms with Crippen LogP contribution in [-0.4, -0.2) is 19.1 Å². The second-order valence-electron chi connectivity index (χ2n) is 23.1. The summed E-state index contributed by atoms with van der Waals surface area (Å²) in [5, 5.41) is 14.6. The molecule has 4 nitrogen and oxygen atoms in total. The van der Waals surface area contributed by atoms with Crippen molar-refractivity contribution in [2.45, 2.75) is 20.4 Å². The molecule has 0 radical (unpaired) electrons. The van der Waals surface area contributed by atoms with Crippen LogP contribution in [-0.2, 0) is 6.54 Å². The highest BCUT2D eigenvalue weighted by Crippen LogP contribution is 2.49. The van der Waals surface area contributed by atoms with Gasteiger partial charge < -0.3 is 4.57 Å². The summed E-state index contributed by atoms with van der Waals surface area (Å²) in [6.07, 6.45) is 0. The van der Waals surface area contributed by atoms with Crippen molar-refractivity contribution < 1.29 is 0 Å². The Kier molecular flexibility index (Phi) is 11.7. The molecule has 2 aromatic heterocycles. The number of benzene rings is 15. The fourth-order valence-corrected chi connectivity index (χ4v) is 14.2. The Labute approximate surface area is 504 Å². The van der Waals surface area contributed by atoms with Gasteiger partial charge in [0.1, 0.15) is 11.6 Å². The van der Waals surface area contributed by atoms with Crippen LogP contribution in [0, 0.1) is 6.92 Å². The summed E-state index contributed by atoms with van der Waals surface area (Å²) in [5.41, 5.74) is 20.6. The van der Waals surface area contributed by atoms with Gasteiger partial charge in [-0.1, -0.05) is 237 Å². The highest BCUT2D eigenvalue weighted by atomic mass is 15.1. The molecule has 0 saturated heterocycles. The zero-order valence-electron chi connectivity index (χ0n) is 48.2. The molecule has 408 valence electrons. The summed E-state index contributed by atoms with van der Waals surface area (Å²) in [4.78, 5) is 10.5. The maximum Gasteiger partial charge on any atom is 0.145 e. The van der Waals surface area contributed by atoms with Gasteiger partial charge >= 0.3 is 0 Å². The topological polar surface area (TPSA) is 35.6 Å². The van der Waals surface area contributed by atoms with Crippen molar-refractivity contribution in [1.82, 2.24) is 19.1 Å². The van der Waals surface area contributed by atoms with Crippen molar-refractivity contribution in [1.29, 1.82) is 0 Å². The molecule has 0 bridgehead atoms. The van der Waals surface area contributed by atoms with Gasteiger partial charge in [0, 0.05) is 23.4 Å². The SMILES string of the molecule is CCn1c(-c2ccc(-c3c4ccccc4c(-c4ccc5ccccc5c4)c4ccc(-c5ccc6c(-c7ccc8ccccc8c7)c7ccccc7c(-c7ccc(-c8nc9cccc(C)c9n8-c8ccccc8)cc7)c6c5)cc34)cc2)nc2ccccc21. The van der Waals surface area contributed by atoms with E-state index in [4.69, 9.17) is 9.97 Å². The van der Waals surface area contributed by atoms with Crippen LogP contribution in [0.2, 0.25) is 0 Å². The number of para-hydroxylation sites is 4. The number of hydrogen-bond donors (Lipinski definition) is 0. The van der Waals surface area contributed by atoms with Crippen LogP contribution in [0.15, 0.2) is 291 Å². The molecule has 2 heterocycles. The van der Waals surface area contributed by atoms with E-state index in [-0.39, 0.29) is 0 Å². The minimum absolute atomic E-state index is 0.828. The van der Waals surface area contributed by atoms with E-state index >= 15 is 0 Å². The van der Waals surface area contributed by atoms with E-state index in [1.54, 1.807) is 0 Å². The first-order valence-corrected chi connectivity index (χ1v) is 30.2. The molecule has 4 heteroatoms. The molecule has 17 aromatic rings. The Balaban J connectivity index is 0.895. The van der Waals surface area contributed by atoms with Crippen molar-refractivity contribution in [3.8, 4) is 84.1 Å². The van der Waals surface area contributed by atoms with E-state index in [0.29, 0.717) is 0 Å². The van der Waals surface area contributed by atoms with Crippen molar-refractivity contribution in [2.75, 3.05) is 0 Å². The highest BCUT2D eigenvalue weighted by Gasteiger charge is 2.23. The van der Waals surface area contributed by atoms with Crippen LogP contribution in [0.1, 0.15) is 12.5 Å². The van der Waals surface area contributed by atoms with Crippen LogP contribution < -0.4 is 0 Å². The maximum absolute atomic E-state index is 5.32. The zero-order valence-corrected chi connectivity index (χ0v) is 48.2. The molecule has 0 fully saturated rings. The number of aromatic nitrogens is 4. The number of hydrogen-bond acceptors (Lipinski definition) is 2. The van der Waals surface area contributed by atoms with Crippen molar-refractivity contribution in [3.05, 3.63) is 297 Å². The summed E-state index contributed by atoms with van der Waals surface area (Å²) < 4.78 is 4.64. The van der Waals surface area contributed by atoms with E-state index in [0.717, 1.165) is 79.3 Å². The molecular weight excluding hydrogens is 1050 g/mol. The molecule has 0 saturated carbocycles. The van der Waals surface area contributed by atoms with Crippen molar-refractivity contribution in [2.24, 2.45) is 0 Å². The summed E-state index contributed by atoms with van der Waals surface area (Å²) in [5.74, 6) is 1.90. The zero-order chi connectivity index (χ0) is 57.7. The van der Waals surface area contributed by atoms with Crippen LogP contribution in [0.25, 0.3) is 171 Å². The summed E-state index contributed by atoms with van der Waals surface area (Å²) in [7, 11) is 0. The molecule has 87 heavy (non-hydrogen) atoms. The first kappa shape index (κ1) is 50.3. The monoisotopic (exact) mass is 1110 g/mol. The minimum atomic E-state index is 0.828. The van der Waals surface area contributed by atoms with Crippen molar-refractivity contribution in [3.63, 3.8) is 0 Å². The fourth-order valence-electron chi connectivity index (χ4n) is 14.2. The van der Waals surface area contributed by atoms with E-state index in [9.17, 15) is 0 Å². The Bertz CT molecular complexity index is 5610. The smallest absolute Gasteiger partial charge is 0.145 e. The molecule has 15 aromatic carbocycles. The molecule has 0 amide bonds. The minimum Gasteiger partial charge on any atom is -0.324 e. The van der Waals surface area contributed by atoms with Gasteiger partial charge in [-0.25, -0.2) is 9.97 Å². The van der Waals surface area contributed by atoms with E-state index in [1.807, 2.05) is 0 Å². The van der Waals surface area contributed by atoms with Gasteiger partial charge in [-0.15, -0.1) is 0 Å². The van der Waals surface area contributed by atoms with Gasteiger partial charge in [-0.2, -0.15) is 0 Å². The second-order valence-corrected chi connectivity index (χ2v) is 23.1. The predicted octanol–water partition coefficient (Wildman–Crippen LogP) is 22.3. The predicted molar refractivity (Wildman–Crippen MR) is 368 cm³/mol. The normalized spacial score (nSPS) is 11.8. The van der Waals surface area contributed by atoms with Gasteiger partial charge in [0.25, 0.3) is 0 Å². The van der Waals surface area contributed by atoms with Gasteiger partial charge in [-0.3, -0.25) is 4.57 Å². The Morgan fingerprint density at radius 2 is 0.690 bits per heavy atom. The number of nitrogens with zero attached hydrogens (tertiary/aromatic N) is 4. The Morgan fingerprint density at radius 1 is 0.287 bits per heavy atom. The van der Waals surface area contributed by atoms with Crippen molar-refractivity contribution >= 4 is 86.7 Å². The van der Waals surface area contributed by atoms with Crippen LogP contribution >= 0.6 is 0 Å². The lowest BCUT2D eigenvalue weighted by Gasteiger charge is -2.20. The van der Waals surface area contributed by atoms with Gasteiger partial charge in [0.2, 0.25) is 0 Å².